The molecule has 5 heteroatoms. The summed E-state index contributed by atoms with van der Waals surface area (Å²) in [5.41, 5.74) is 3.72. The fourth-order valence-electron chi connectivity index (χ4n) is 3.45. The molecule has 0 saturated carbocycles. The predicted molar refractivity (Wildman–Crippen MR) is 117 cm³/mol. The number of ether oxygens (including phenoxy) is 3. The first-order valence-electron chi connectivity index (χ1n) is 10.2. The first-order valence-corrected chi connectivity index (χ1v) is 10.2. The van der Waals surface area contributed by atoms with Gasteiger partial charge in [0, 0.05) is 20.2 Å². The number of rotatable bonds is 9. The van der Waals surface area contributed by atoms with E-state index in [1.54, 1.807) is 14.2 Å². The van der Waals surface area contributed by atoms with Crippen molar-refractivity contribution in [1.82, 2.24) is 4.90 Å². The van der Waals surface area contributed by atoms with Crippen LogP contribution in [0.5, 0.6) is 11.5 Å². The first kappa shape index (κ1) is 21.2. The summed E-state index contributed by atoms with van der Waals surface area (Å²) < 4.78 is 17.0. The van der Waals surface area contributed by atoms with Gasteiger partial charge in [0.25, 0.3) is 0 Å². The molecule has 2 aromatic rings. The maximum atomic E-state index is 6.08. The molecule has 0 amide bonds. The Morgan fingerprint density at radius 2 is 1.83 bits per heavy atom. The van der Waals surface area contributed by atoms with E-state index < -0.39 is 0 Å². The minimum absolute atomic E-state index is 0.182. The third-order valence-electron chi connectivity index (χ3n) is 5.29. The minimum atomic E-state index is 0.182. The van der Waals surface area contributed by atoms with Gasteiger partial charge in [-0.2, -0.15) is 0 Å². The summed E-state index contributed by atoms with van der Waals surface area (Å²) in [6.45, 7) is 7.29. The van der Waals surface area contributed by atoms with Crippen LogP contribution in [0.1, 0.15) is 30.5 Å². The molecule has 0 radical (unpaired) electrons. The van der Waals surface area contributed by atoms with Crippen LogP contribution in [-0.2, 0) is 24.3 Å². The summed E-state index contributed by atoms with van der Waals surface area (Å²) in [7, 11) is 3.42. The van der Waals surface area contributed by atoms with Crippen molar-refractivity contribution in [2.24, 2.45) is 10.9 Å². The van der Waals surface area contributed by atoms with Crippen molar-refractivity contribution in [2.45, 2.75) is 39.5 Å². The summed E-state index contributed by atoms with van der Waals surface area (Å²) in [5, 5.41) is 0. The highest BCUT2D eigenvalue weighted by molar-refractivity contribution is 5.58. The molecule has 0 saturated heterocycles. The van der Waals surface area contributed by atoms with Gasteiger partial charge in [-0.15, -0.1) is 0 Å². The van der Waals surface area contributed by atoms with Gasteiger partial charge in [-0.05, 0) is 41.2 Å². The Morgan fingerprint density at radius 1 is 1.07 bits per heavy atom. The second-order valence-corrected chi connectivity index (χ2v) is 7.80. The molecule has 1 heterocycles. The van der Waals surface area contributed by atoms with E-state index >= 15 is 0 Å². The van der Waals surface area contributed by atoms with E-state index in [1.165, 1.54) is 11.1 Å². The Hall–Kier alpha value is -2.53. The third kappa shape index (κ3) is 5.73. The van der Waals surface area contributed by atoms with E-state index in [0.29, 0.717) is 19.1 Å². The van der Waals surface area contributed by atoms with Gasteiger partial charge in [-0.3, -0.25) is 4.99 Å². The zero-order valence-electron chi connectivity index (χ0n) is 17.9. The van der Waals surface area contributed by atoms with Gasteiger partial charge in [0.05, 0.1) is 26.1 Å². The Morgan fingerprint density at radius 3 is 2.52 bits per heavy atom. The summed E-state index contributed by atoms with van der Waals surface area (Å²) in [4.78, 5) is 7.03. The smallest absolute Gasteiger partial charge is 0.162 e. The molecule has 1 unspecified atom stereocenters. The first-order chi connectivity index (χ1) is 14.1. The predicted octanol–water partition coefficient (Wildman–Crippen LogP) is 4.33. The fourth-order valence-corrected chi connectivity index (χ4v) is 3.45. The molecule has 0 bridgehead atoms. The zero-order chi connectivity index (χ0) is 20.6. The number of benzene rings is 2. The second-order valence-electron chi connectivity index (χ2n) is 7.80. The van der Waals surface area contributed by atoms with Crippen LogP contribution in [0.25, 0.3) is 0 Å². The molecule has 0 N–H and O–H groups in total. The Kier molecular flexibility index (Phi) is 7.53. The van der Waals surface area contributed by atoms with Gasteiger partial charge < -0.3 is 19.1 Å². The van der Waals surface area contributed by atoms with Crippen molar-refractivity contribution in [3.05, 3.63) is 59.2 Å². The normalized spacial score (nSPS) is 14.9. The van der Waals surface area contributed by atoms with Crippen LogP contribution in [-0.4, -0.2) is 44.7 Å². The lowest BCUT2D eigenvalue weighted by Gasteiger charge is -2.28. The molecule has 1 aliphatic rings. The van der Waals surface area contributed by atoms with Crippen LogP contribution in [0.4, 0.5) is 0 Å². The molecule has 1 atom stereocenters. The Labute approximate surface area is 174 Å². The lowest BCUT2D eigenvalue weighted by molar-refractivity contribution is 0.164. The van der Waals surface area contributed by atoms with Gasteiger partial charge in [0.15, 0.2) is 11.5 Å². The number of methoxy groups -OCH3 is 2. The zero-order valence-corrected chi connectivity index (χ0v) is 17.9. The van der Waals surface area contributed by atoms with Gasteiger partial charge in [0.2, 0.25) is 0 Å². The van der Waals surface area contributed by atoms with E-state index in [1.807, 2.05) is 24.5 Å². The minimum Gasteiger partial charge on any atom is -0.493 e. The van der Waals surface area contributed by atoms with Crippen molar-refractivity contribution < 1.29 is 14.2 Å². The maximum absolute atomic E-state index is 6.08. The van der Waals surface area contributed by atoms with Crippen molar-refractivity contribution in [1.29, 1.82) is 0 Å². The van der Waals surface area contributed by atoms with Gasteiger partial charge in [0.1, 0.15) is 6.61 Å². The highest BCUT2D eigenvalue weighted by Gasteiger charge is 2.19. The van der Waals surface area contributed by atoms with E-state index in [4.69, 9.17) is 19.2 Å². The average molecular weight is 397 g/mol. The van der Waals surface area contributed by atoms with E-state index in [9.17, 15) is 0 Å². The molecular weight excluding hydrogens is 364 g/mol. The van der Waals surface area contributed by atoms with Gasteiger partial charge >= 0.3 is 0 Å². The van der Waals surface area contributed by atoms with Gasteiger partial charge in [-0.1, -0.05) is 44.2 Å². The molecule has 156 valence electrons. The van der Waals surface area contributed by atoms with Crippen molar-refractivity contribution in [2.75, 3.05) is 27.4 Å². The quantitative estimate of drug-likeness (QED) is 0.467. The van der Waals surface area contributed by atoms with E-state index in [2.05, 4.69) is 43.0 Å². The van der Waals surface area contributed by atoms with Gasteiger partial charge in [-0.25, -0.2) is 0 Å². The lowest BCUT2D eigenvalue weighted by Crippen LogP contribution is -2.31. The van der Waals surface area contributed by atoms with E-state index in [0.717, 1.165) is 36.6 Å². The third-order valence-corrected chi connectivity index (χ3v) is 5.29. The molecule has 0 aliphatic carbocycles. The van der Waals surface area contributed by atoms with Crippen LogP contribution in [0.3, 0.4) is 0 Å². The number of nitrogens with zero attached hydrogens (tertiary/aromatic N) is 2. The number of fused-ring (bicyclic) bond motifs is 1. The Balaban J connectivity index is 1.71. The lowest BCUT2D eigenvalue weighted by atomic mass is 9.99. The molecule has 29 heavy (non-hydrogen) atoms. The molecule has 0 spiro atoms. The van der Waals surface area contributed by atoms with Crippen LogP contribution in [0, 0.1) is 5.92 Å². The van der Waals surface area contributed by atoms with Crippen LogP contribution in [0.2, 0.25) is 0 Å². The molecule has 2 aromatic carbocycles. The topological polar surface area (TPSA) is 43.3 Å². The highest BCUT2D eigenvalue weighted by Crippen LogP contribution is 2.34. The average Bonchev–Trinajstić information content (AvgIpc) is 2.74. The van der Waals surface area contributed by atoms with Crippen molar-refractivity contribution in [3.63, 3.8) is 0 Å². The maximum Gasteiger partial charge on any atom is 0.162 e. The van der Waals surface area contributed by atoms with Crippen molar-refractivity contribution >= 4 is 6.34 Å². The van der Waals surface area contributed by atoms with E-state index in [-0.39, 0.29) is 6.04 Å². The molecule has 0 fully saturated rings. The standard InChI is InChI=1S/C24H32N2O3/c1-18(2)22(16-27-3)25-17-26-11-10-20-12-23(28-4)24(13-21(20)14-26)29-15-19-8-6-5-7-9-19/h5-9,12-13,17-18,22H,10-11,14-16H2,1-4H3. The molecule has 0 aromatic heterocycles. The number of hydrogen-bond donors (Lipinski definition) is 0. The van der Waals surface area contributed by atoms with Crippen LogP contribution in [0.15, 0.2) is 47.5 Å². The largest absolute Gasteiger partial charge is 0.493 e. The van der Waals surface area contributed by atoms with Crippen molar-refractivity contribution in [3.8, 4) is 11.5 Å². The van der Waals surface area contributed by atoms with Crippen LogP contribution < -0.4 is 9.47 Å². The summed E-state index contributed by atoms with van der Waals surface area (Å²) in [6.07, 6.45) is 2.95. The monoisotopic (exact) mass is 396 g/mol. The molecule has 3 rings (SSSR count). The summed E-state index contributed by atoms with van der Waals surface area (Å²) >= 11 is 0. The summed E-state index contributed by atoms with van der Waals surface area (Å²) in [6, 6.07) is 14.6. The summed E-state index contributed by atoms with van der Waals surface area (Å²) in [5.74, 6) is 2.03. The molecular formula is C24H32N2O3. The number of hydrogen-bond acceptors (Lipinski definition) is 4. The number of aliphatic imine (C=N–C) groups is 1. The second kappa shape index (κ2) is 10.3. The molecule has 5 nitrogen and oxygen atoms in total. The molecule has 1 aliphatic heterocycles. The Bertz CT molecular complexity index is 805. The fraction of sp³-hybridized carbons (Fsp3) is 0.458. The van der Waals surface area contributed by atoms with Crippen LogP contribution >= 0.6 is 0 Å². The SMILES string of the molecule is COCC(N=CN1CCc2cc(OC)c(OCc3ccccc3)cc2C1)C(C)C. The highest BCUT2D eigenvalue weighted by atomic mass is 16.5.